The summed E-state index contributed by atoms with van der Waals surface area (Å²) in [7, 11) is 1.93. The molecular formula is C14H22N2O3. The van der Waals surface area contributed by atoms with E-state index < -0.39 is 0 Å². The van der Waals surface area contributed by atoms with E-state index in [4.69, 9.17) is 9.52 Å². The lowest BCUT2D eigenvalue weighted by atomic mass is 9.94. The molecule has 0 saturated carbocycles. The van der Waals surface area contributed by atoms with E-state index in [0.717, 1.165) is 12.3 Å². The van der Waals surface area contributed by atoms with E-state index in [2.05, 4.69) is 13.8 Å². The van der Waals surface area contributed by atoms with E-state index >= 15 is 0 Å². The monoisotopic (exact) mass is 266 g/mol. The number of piperazine rings is 1. The molecule has 2 rings (SSSR count). The van der Waals surface area contributed by atoms with Crippen LogP contribution in [0, 0.1) is 0 Å². The molecule has 19 heavy (non-hydrogen) atoms. The Morgan fingerprint density at radius 2 is 2.26 bits per heavy atom. The summed E-state index contributed by atoms with van der Waals surface area (Å²) in [5.74, 6) is 0.845. The molecule has 2 heterocycles. The Morgan fingerprint density at radius 1 is 1.53 bits per heavy atom. The minimum absolute atomic E-state index is 0.0236. The summed E-state index contributed by atoms with van der Waals surface area (Å²) in [6, 6.07) is 3.46. The van der Waals surface area contributed by atoms with Gasteiger partial charge in [-0.25, -0.2) is 0 Å². The number of aliphatic hydroxyl groups excluding tert-OH is 1. The molecule has 1 saturated heterocycles. The molecule has 1 N–H and O–H groups in total. The molecular weight excluding hydrogens is 244 g/mol. The van der Waals surface area contributed by atoms with E-state index in [1.807, 2.05) is 29.0 Å². The second-order valence-electron chi connectivity index (χ2n) is 5.76. The number of nitrogens with zero attached hydrogens (tertiary/aromatic N) is 2. The molecule has 0 spiro atoms. The van der Waals surface area contributed by atoms with Crippen molar-refractivity contribution < 1.29 is 14.3 Å². The number of amides is 1. The van der Waals surface area contributed by atoms with Crippen LogP contribution in [0.25, 0.3) is 0 Å². The quantitative estimate of drug-likeness (QED) is 0.886. The molecule has 1 aliphatic heterocycles. The van der Waals surface area contributed by atoms with E-state index in [9.17, 15) is 4.79 Å². The smallest absolute Gasteiger partial charge is 0.240 e. The van der Waals surface area contributed by atoms with E-state index in [-0.39, 0.29) is 24.1 Å². The molecule has 1 fully saturated rings. The summed E-state index contributed by atoms with van der Waals surface area (Å²) in [5.41, 5.74) is -0.245. The molecule has 0 radical (unpaired) electrons. The number of carbonyl (C=O) groups is 1. The molecule has 5 nitrogen and oxygen atoms in total. The Bertz CT molecular complexity index is 428. The Balaban J connectivity index is 2.20. The molecule has 106 valence electrons. The third-order valence-corrected chi connectivity index (χ3v) is 3.75. The van der Waals surface area contributed by atoms with E-state index in [1.54, 1.807) is 6.26 Å². The van der Waals surface area contributed by atoms with Crippen molar-refractivity contribution in [3.8, 4) is 0 Å². The van der Waals surface area contributed by atoms with Crippen LogP contribution in [0.3, 0.4) is 0 Å². The van der Waals surface area contributed by atoms with Gasteiger partial charge in [0.25, 0.3) is 0 Å². The van der Waals surface area contributed by atoms with Gasteiger partial charge in [0.1, 0.15) is 5.76 Å². The van der Waals surface area contributed by atoms with Crippen molar-refractivity contribution in [2.24, 2.45) is 0 Å². The van der Waals surface area contributed by atoms with Crippen molar-refractivity contribution in [2.75, 3.05) is 20.2 Å². The molecule has 1 unspecified atom stereocenters. The van der Waals surface area contributed by atoms with Gasteiger partial charge in [-0.2, -0.15) is 0 Å². The van der Waals surface area contributed by atoms with Gasteiger partial charge in [-0.05, 0) is 39.4 Å². The molecule has 0 aliphatic carbocycles. The largest absolute Gasteiger partial charge is 0.467 e. The van der Waals surface area contributed by atoms with Crippen molar-refractivity contribution in [2.45, 2.75) is 38.4 Å². The zero-order valence-corrected chi connectivity index (χ0v) is 11.8. The zero-order chi connectivity index (χ0) is 14.0. The topological polar surface area (TPSA) is 56.9 Å². The molecule has 1 aliphatic rings. The maximum absolute atomic E-state index is 12.6. The summed E-state index contributed by atoms with van der Waals surface area (Å²) >= 11 is 0. The third-order valence-electron chi connectivity index (χ3n) is 3.75. The summed E-state index contributed by atoms with van der Waals surface area (Å²) in [5, 5.41) is 9.11. The van der Waals surface area contributed by atoms with Gasteiger partial charge in [-0.3, -0.25) is 9.69 Å². The highest BCUT2D eigenvalue weighted by Crippen LogP contribution is 2.27. The van der Waals surface area contributed by atoms with Crippen LogP contribution in [0.5, 0.6) is 0 Å². The van der Waals surface area contributed by atoms with Gasteiger partial charge in [0, 0.05) is 13.2 Å². The molecule has 5 heteroatoms. The van der Waals surface area contributed by atoms with Gasteiger partial charge in [-0.15, -0.1) is 0 Å². The predicted molar refractivity (Wildman–Crippen MR) is 71.5 cm³/mol. The summed E-state index contributed by atoms with van der Waals surface area (Å²) in [4.78, 5) is 16.5. The van der Waals surface area contributed by atoms with Crippen molar-refractivity contribution in [3.05, 3.63) is 24.2 Å². The molecule has 1 aromatic rings. The van der Waals surface area contributed by atoms with Crippen molar-refractivity contribution in [1.82, 2.24) is 9.80 Å². The maximum Gasteiger partial charge on any atom is 0.240 e. The van der Waals surface area contributed by atoms with Crippen LogP contribution in [0.2, 0.25) is 0 Å². The van der Waals surface area contributed by atoms with Crippen LogP contribution in [0.4, 0.5) is 0 Å². The number of hydrogen-bond donors (Lipinski definition) is 1. The first kappa shape index (κ1) is 14.1. The van der Waals surface area contributed by atoms with Gasteiger partial charge in [0.2, 0.25) is 5.91 Å². The normalized spacial score (nSPS) is 23.9. The Labute approximate surface area is 113 Å². The number of hydrogen-bond acceptors (Lipinski definition) is 4. The van der Waals surface area contributed by atoms with E-state index in [0.29, 0.717) is 13.0 Å². The lowest BCUT2D eigenvalue weighted by molar-refractivity contribution is -0.152. The number of carbonyl (C=O) groups excluding carboxylic acids is 1. The summed E-state index contributed by atoms with van der Waals surface area (Å²) < 4.78 is 5.34. The van der Waals surface area contributed by atoms with Crippen molar-refractivity contribution in [1.29, 1.82) is 0 Å². The van der Waals surface area contributed by atoms with Crippen LogP contribution >= 0.6 is 0 Å². The number of aliphatic hydroxyl groups is 1. The van der Waals surface area contributed by atoms with Crippen molar-refractivity contribution in [3.63, 3.8) is 0 Å². The van der Waals surface area contributed by atoms with Crippen molar-refractivity contribution >= 4 is 5.91 Å². The van der Waals surface area contributed by atoms with Crippen LogP contribution in [0.1, 0.15) is 26.0 Å². The van der Waals surface area contributed by atoms with E-state index in [1.165, 1.54) is 0 Å². The Hall–Kier alpha value is -1.33. The fourth-order valence-electron chi connectivity index (χ4n) is 2.79. The number of rotatable bonds is 4. The lowest BCUT2D eigenvalue weighted by Crippen LogP contribution is -2.65. The van der Waals surface area contributed by atoms with Crippen LogP contribution in [0.15, 0.2) is 22.8 Å². The molecule has 1 amide bonds. The summed E-state index contributed by atoms with van der Waals surface area (Å²) in [6.45, 7) is 5.40. The van der Waals surface area contributed by atoms with Gasteiger partial charge in [0.05, 0.1) is 24.4 Å². The standard InChI is InChI=1S/C14H22N2O3/c1-14(2)10-15(3)12(6-7-17)13(18)16(14)9-11-5-4-8-19-11/h4-5,8,12,17H,6-7,9-10H2,1-3H3. The molecule has 1 atom stereocenters. The second kappa shape index (κ2) is 5.35. The number of furan rings is 1. The average molecular weight is 266 g/mol. The lowest BCUT2D eigenvalue weighted by Gasteiger charge is -2.49. The molecule has 0 bridgehead atoms. The van der Waals surface area contributed by atoms with Gasteiger partial charge >= 0.3 is 0 Å². The molecule has 1 aromatic heterocycles. The minimum atomic E-state index is -0.245. The van der Waals surface area contributed by atoms with Gasteiger partial charge in [-0.1, -0.05) is 0 Å². The highest BCUT2D eigenvalue weighted by Gasteiger charge is 2.43. The first-order valence-corrected chi connectivity index (χ1v) is 6.60. The fourth-order valence-corrected chi connectivity index (χ4v) is 2.79. The van der Waals surface area contributed by atoms with Crippen LogP contribution < -0.4 is 0 Å². The zero-order valence-electron chi connectivity index (χ0n) is 11.8. The highest BCUT2D eigenvalue weighted by atomic mass is 16.3. The predicted octanol–water partition coefficient (Wildman–Crippen LogP) is 1.08. The highest BCUT2D eigenvalue weighted by molar-refractivity contribution is 5.83. The third kappa shape index (κ3) is 2.82. The van der Waals surface area contributed by atoms with Gasteiger partial charge < -0.3 is 14.4 Å². The average Bonchev–Trinajstić information content (AvgIpc) is 2.82. The Kier molecular flexibility index (Phi) is 3.96. The maximum atomic E-state index is 12.6. The fraction of sp³-hybridized carbons (Fsp3) is 0.643. The first-order valence-electron chi connectivity index (χ1n) is 6.60. The summed E-state index contributed by atoms with van der Waals surface area (Å²) in [6.07, 6.45) is 2.09. The SMILES string of the molecule is CN1CC(C)(C)N(Cc2ccco2)C(=O)C1CCO. The molecule has 0 aromatic carbocycles. The second-order valence-corrected chi connectivity index (χ2v) is 5.76. The Morgan fingerprint density at radius 3 is 2.84 bits per heavy atom. The van der Waals surface area contributed by atoms with Crippen LogP contribution in [-0.4, -0.2) is 52.6 Å². The first-order chi connectivity index (χ1) is 8.95. The minimum Gasteiger partial charge on any atom is -0.467 e. The van der Waals surface area contributed by atoms with Crippen LogP contribution in [-0.2, 0) is 11.3 Å². The van der Waals surface area contributed by atoms with Gasteiger partial charge in [0.15, 0.2) is 0 Å². The number of likely N-dealkylation sites (N-methyl/N-ethyl adjacent to an activating group) is 1.